The molecule has 0 saturated heterocycles. The first-order valence-corrected chi connectivity index (χ1v) is 7.93. The number of nitrogens with one attached hydrogen (secondary N) is 1. The predicted molar refractivity (Wildman–Crippen MR) is 79.2 cm³/mol. The largest absolute Gasteiger partial charge is 0.362 e. The molecule has 0 aromatic carbocycles. The Morgan fingerprint density at radius 1 is 1.53 bits per heavy atom. The molecule has 1 aromatic heterocycles. The number of amidine groups is 1. The Balaban J connectivity index is 1.88. The van der Waals surface area contributed by atoms with Crippen molar-refractivity contribution in [1.29, 1.82) is 0 Å². The second-order valence-electron chi connectivity index (χ2n) is 4.78. The Kier molecular flexibility index (Phi) is 4.51. The van der Waals surface area contributed by atoms with E-state index in [9.17, 15) is 0 Å². The van der Waals surface area contributed by atoms with E-state index >= 15 is 0 Å². The molecule has 2 nitrogen and oxygen atoms in total. The lowest BCUT2D eigenvalue weighted by atomic mass is 10.2. The van der Waals surface area contributed by atoms with E-state index in [1.807, 2.05) is 23.1 Å². The lowest BCUT2D eigenvalue weighted by Gasteiger charge is -2.25. The maximum atomic E-state index is 4.67. The Morgan fingerprint density at radius 2 is 2.35 bits per heavy atom. The van der Waals surface area contributed by atoms with Gasteiger partial charge in [-0.15, -0.1) is 11.3 Å². The molecule has 1 aliphatic heterocycles. The van der Waals surface area contributed by atoms with Gasteiger partial charge in [-0.05, 0) is 31.7 Å². The van der Waals surface area contributed by atoms with Crippen molar-refractivity contribution in [2.75, 3.05) is 0 Å². The van der Waals surface area contributed by atoms with Gasteiger partial charge in [-0.2, -0.15) is 0 Å². The average Bonchev–Trinajstić information content (AvgIpc) is 2.67. The molecule has 2 rings (SSSR count). The minimum absolute atomic E-state index is 0.456. The predicted octanol–water partition coefficient (Wildman–Crippen LogP) is 3.54. The van der Waals surface area contributed by atoms with E-state index in [0.29, 0.717) is 17.3 Å². The van der Waals surface area contributed by atoms with Crippen LogP contribution in [0.25, 0.3) is 0 Å². The molecule has 3 atom stereocenters. The molecule has 0 fully saturated rings. The van der Waals surface area contributed by atoms with Gasteiger partial charge in [-0.1, -0.05) is 24.8 Å². The van der Waals surface area contributed by atoms with Gasteiger partial charge in [0.15, 0.2) is 5.17 Å². The first-order chi connectivity index (χ1) is 8.13. The van der Waals surface area contributed by atoms with Gasteiger partial charge in [-0.25, -0.2) is 0 Å². The quantitative estimate of drug-likeness (QED) is 0.907. The van der Waals surface area contributed by atoms with Gasteiger partial charge >= 0.3 is 0 Å². The van der Waals surface area contributed by atoms with E-state index in [4.69, 9.17) is 0 Å². The summed E-state index contributed by atoms with van der Waals surface area (Å²) in [5.41, 5.74) is 0. The summed E-state index contributed by atoms with van der Waals surface area (Å²) in [5, 5.41) is 7.48. The molecule has 0 aliphatic carbocycles. The lowest BCUT2D eigenvalue weighted by Crippen LogP contribution is -2.36. The first kappa shape index (κ1) is 13.0. The maximum Gasteiger partial charge on any atom is 0.157 e. The van der Waals surface area contributed by atoms with E-state index < -0.39 is 0 Å². The van der Waals surface area contributed by atoms with Crippen LogP contribution in [0, 0.1) is 0 Å². The summed E-state index contributed by atoms with van der Waals surface area (Å²) in [6, 6.07) is 5.23. The zero-order chi connectivity index (χ0) is 12.3. The van der Waals surface area contributed by atoms with E-state index in [1.165, 1.54) is 11.3 Å². The molecule has 17 heavy (non-hydrogen) atoms. The summed E-state index contributed by atoms with van der Waals surface area (Å²) >= 11 is 3.70. The molecular weight excluding hydrogens is 248 g/mol. The number of nitrogens with zero attached hydrogens (tertiary/aromatic N) is 1. The fourth-order valence-electron chi connectivity index (χ4n) is 2.07. The summed E-state index contributed by atoms with van der Waals surface area (Å²) in [7, 11) is 0. The summed E-state index contributed by atoms with van der Waals surface area (Å²) in [4.78, 5) is 6.11. The van der Waals surface area contributed by atoms with Crippen molar-refractivity contribution in [3.05, 3.63) is 22.4 Å². The molecule has 3 unspecified atom stereocenters. The van der Waals surface area contributed by atoms with Crippen LogP contribution in [0.5, 0.6) is 0 Å². The molecule has 2 heterocycles. The third kappa shape index (κ3) is 4.03. The number of rotatable bonds is 3. The number of hydrogen-bond donors (Lipinski definition) is 1. The second kappa shape index (κ2) is 5.91. The third-order valence-corrected chi connectivity index (χ3v) is 4.72. The third-order valence-electron chi connectivity index (χ3n) is 2.78. The number of aliphatic imine (C=N–C) groups is 1. The second-order valence-corrected chi connectivity index (χ2v) is 7.24. The molecule has 1 aromatic rings. The molecule has 0 radical (unpaired) electrons. The summed E-state index contributed by atoms with van der Waals surface area (Å²) < 4.78 is 0. The molecule has 0 saturated carbocycles. The van der Waals surface area contributed by atoms with Crippen molar-refractivity contribution >= 4 is 28.3 Å². The zero-order valence-electron chi connectivity index (χ0n) is 10.6. The molecular formula is C13H20N2S2. The molecule has 0 spiro atoms. The van der Waals surface area contributed by atoms with Gasteiger partial charge in [0.25, 0.3) is 0 Å². The molecule has 94 valence electrons. The monoisotopic (exact) mass is 268 g/mol. The number of thioether (sulfide) groups is 1. The van der Waals surface area contributed by atoms with Crippen molar-refractivity contribution in [2.24, 2.45) is 4.99 Å². The fourth-order valence-corrected chi connectivity index (χ4v) is 4.17. The van der Waals surface area contributed by atoms with Gasteiger partial charge < -0.3 is 5.32 Å². The Labute approximate surface area is 112 Å². The minimum atomic E-state index is 0.456. The Morgan fingerprint density at radius 3 is 3.00 bits per heavy atom. The Hall–Kier alpha value is -0.480. The van der Waals surface area contributed by atoms with Crippen LogP contribution in [0.1, 0.15) is 32.1 Å². The first-order valence-electron chi connectivity index (χ1n) is 6.17. The van der Waals surface area contributed by atoms with Crippen molar-refractivity contribution < 1.29 is 0 Å². The standard InChI is InChI=1S/C13H20N2S2/c1-9-7-11(3)17-13(14-9)15-10(2)8-12-5-4-6-16-12/h4-6,9-11H,7-8H2,1-3H3,(H,14,15). The summed E-state index contributed by atoms with van der Waals surface area (Å²) in [6.07, 6.45) is 2.27. The smallest absolute Gasteiger partial charge is 0.157 e. The lowest BCUT2D eigenvalue weighted by molar-refractivity contribution is 0.632. The highest BCUT2D eigenvalue weighted by Crippen LogP contribution is 2.24. The van der Waals surface area contributed by atoms with Gasteiger partial charge in [0, 0.05) is 22.6 Å². The van der Waals surface area contributed by atoms with Crippen LogP contribution >= 0.6 is 23.1 Å². The maximum absolute atomic E-state index is 4.67. The minimum Gasteiger partial charge on any atom is -0.362 e. The molecule has 4 heteroatoms. The van der Waals surface area contributed by atoms with Crippen LogP contribution in [-0.4, -0.2) is 22.5 Å². The van der Waals surface area contributed by atoms with E-state index in [2.05, 4.69) is 48.6 Å². The van der Waals surface area contributed by atoms with Gasteiger partial charge in [-0.3, -0.25) is 4.99 Å². The van der Waals surface area contributed by atoms with Crippen LogP contribution in [0.3, 0.4) is 0 Å². The van der Waals surface area contributed by atoms with Crippen LogP contribution in [0.4, 0.5) is 0 Å². The normalized spacial score (nSPS) is 26.4. The molecule has 1 aliphatic rings. The highest BCUT2D eigenvalue weighted by atomic mass is 32.2. The van der Waals surface area contributed by atoms with Crippen LogP contribution < -0.4 is 5.32 Å². The van der Waals surface area contributed by atoms with Crippen molar-refractivity contribution in [2.45, 2.75) is 50.9 Å². The highest BCUT2D eigenvalue weighted by Gasteiger charge is 2.19. The number of thiophene rings is 1. The van der Waals surface area contributed by atoms with Crippen molar-refractivity contribution in [3.8, 4) is 0 Å². The average molecular weight is 268 g/mol. The molecule has 1 N–H and O–H groups in total. The molecule has 0 amide bonds. The van der Waals surface area contributed by atoms with Crippen LogP contribution in [0.15, 0.2) is 22.5 Å². The highest BCUT2D eigenvalue weighted by molar-refractivity contribution is 8.14. The fraction of sp³-hybridized carbons (Fsp3) is 0.615. The van der Waals surface area contributed by atoms with Gasteiger partial charge in [0.1, 0.15) is 0 Å². The topological polar surface area (TPSA) is 24.4 Å². The van der Waals surface area contributed by atoms with Crippen molar-refractivity contribution in [1.82, 2.24) is 5.32 Å². The van der Waals surface area contributed by atoms with E-state index in [-0.39, 0.29) is 0 Å². The van der Waals surface area contributed by atoms with E-state index in [1.54, 1.807) is 0 Å². The van der Waals surface area contributed by atoms with Gasteiger partial charge in [0.05, 0.1) is 6.04 Å². The van der Waals surface area contributed by atoms with Crippen LogP contribution in [-0.2, 0) is 6.42 Å². The van der Waals surface area contributed by atoms with Gasteiger partial charge in [0.2, 0.25) is 0 Å². The van der Waals surface area contributed by atoms with E-state index in [0.717, 1.165) is 11.6 Å². The Bertz CT molecular complexity index is 373. The zero-order valence-corrected chi connectivity index (χ0v) is 12.3. The van der Waals surface area contributed by atoms with Crippen LogP contribution in [0.2, 0.25) is 0 Å². The van der Waals surface area contributed by atoms with Crippen molar-refractivity contribution in [3.63, 3.8) is 0 Å². The molecule has 0 bridgehead atoms. The summed E-state index contributed by atoms with van der Waals surface area (Å²) in [6.45, 7) is 6.70. The summed E-state index contributed by atoms with van der Waals surface area (Å²) in [5.74, 6) is 0. The number of hydrogen-bond acceptors (Lipinski definition) is 4. The SMILES string of the molecule is CC1CC(C)SC(NC(C)Cc2cccs2)=N1.